The van der Waals surface area contributed by atoms with E-state index in [1.807, 2.05) is 0 Å². The largest absolute Gasteiger partial charge is 0.310 e. The summed E-state index contributed by atoms with van der Waals surface area (Å²) in [4.78, 5) is 2.48. The van der Waals surface area contributed by atoms with Gasteiger partial charge in [-0.05, 0) is 137 Å². The van der Waals surface area contributed by atoms with E-state index < -0.39 is 10.8 Å². The first-order valence-electron chi connectivity index (χ1n) is 24.1. The Morgan fingerprint density at radius 3 is 0.942 bits per heavy atom. The predicted octanol–water partition coefficient (Wildman–Crippen LogP) is 17.2. The molecule has 0 saturated heterocycles. The fraction of sp³-hybridized carbons (Fsp3) is 0.0294. The lowest BCUT2D eigenvalue weighted by molar-refractivity contribution is 0.633. The summed E-state index contributed by atoms with van der Waals surface area (Å²) in [6.07, 6.45) is 0. The van der Waals surface area contributed by atoms with Gasteiger partial charge in [0.25, 0.3) is 0 Å². The maximum absolute atomic E-state index is 2.56. The van der Waals surface area contributed by atoms with Gasteiger partial charge in [0.05, 0.1) is 10.8 Å². The van der Waals surface area contributed by atoms with Crippen LogP contribution in [0.4, 0.5) is 17.1 Å². The molecule has 1 nitrogen and oxygen atoms in total. The fourth-order valence-electron chi connectivity index (χ4n) is 12.6. The van der Waals surface area contributed by atoms with E-state index in [-0.39, 0.29) is 0 Å². The van der Waals surface area contributed by atoms with Crippen molar-refractivity contribution in [3.8, 4) is 55.6 Å². The quantitative estimate of drug-likeness (QED) is 0.161. The Morgan fingerprint density at radius 2 is 0.493 bits per heavy atom. The van der Waals surface area contributed by atoms with Gasteiger partial charge in [-0.25, -0.2) is 0 Å². The van der Waals surface area contributed by atoms with Gasteiger partial charge in [-0.3, -0.25) is 0 Å². The Labute approximate surface area is 403 Å². The summed E-state index contributed by atoms with van der Waals surface area (Å²) in [6, 6.07) is 102. The van der Waals surface area contributed by atoms with Gasteiger partial charge in [0.15, 0.2) is 0 Å². The topological polar surface area (TPSA) is 3.24 Å². The van der Waals surface area contributed by atoms with E-state index >= 15 is 0 Å². The summed E-state index contributed by atoms with van der Waals surface area (Å²) >= 11 is 0. The lowest BCUT2D eigenvalue weighted by Crippen LogP contribution is -2.43. The smallest absolute Gasteiger partial charge is 0.0720 e. The number of hydrogen-bond donors (Lipinski definition) is 0. The molecule has 0 bridgehead atoms. The van der Waals surface area contributed by atoms with E-state index in [1.54, 1.807) is 0 Å². The van der Waals surface area contributed by atoms with Crippen molar-refractivity contribution in [2.24, 2.45) is 0 Å². The molecular formula is C68H45N. The Balaban J connectivity index is 1.06. The van der Waals surface area contributed by atoms with Crippen LogP contribution in [0.25, 0.3) is 55.6 Å². The summed E-state index contributed by atoms with van der Waals surface area (Å²) < 4.78 is 0. The molecule has 0 radical (unpaired) electrons. The third-order valence-corrected chi connectivity index (χ3v) is 15.4. The molecule has 0 saturated carbocycles. The van der Waals surface area contributed by atoms with Gasteiger partial charge in [0.1, 0.15) is 0 Å². The molecule has 322 valence electrons. The molecule has 69 heavy (non-hydrogen) atoms. The number of hydrogen-bond acceptors (Lipinski definition) is 1. The standard InChI is InChI=1S/C68H45N/c1-3-19-46(20-4-1)48-37-39-49(40-38-48)51-24-18-26-53(44-51)69(52-25-17-23-50(43-52)47-21-5-2-6-22-47)54-41-42-65-66(45-54)68(61-33-13-9-29-57(61)58-30-10-14-34-62(58)68)64-36-16-15-35-63(64)67(65)59-31-11-7-27-55(59)56-28-8-12-32-60(56)67/h1-45H. The minimum atomic E-state index is -0.604. The first kappa shape index (κ1) is 39.4. The minimum Gasteiger partial charge on any atom is -0.310 e. The molecule has 0 fully saturated rings. The average Bonchev–Trinajstić information content (AvgIpc) is 3.89. The van der Waals surface area contributed by atoms with Crippen LogP contribution in [0.5, 0.6) is 0 Å². The lowest BCUT2D eigenvalue weighted by atomic mass is 9.52. The summed E-state index contributed by atoms with van der Waals surface area (Å²) in [6.45, 7) is 0. The average molecular weight is 876 g/mol. The van der Waals surface area contributed by atoms with Crippen molar-refractivity contribution in [2.45, 2.75) is 10.8 Å². The van der Waals surface area contributed by atoms with Gasteiger partial charge >= 0.3 is 0 Å². The van der Waals surface area contributed by atoms with Crippen LogP contribution in [-0.4, -0.2) is 0 Å². The minimum absolute atomic E-state index is 0.556. The Hall–Kier alpha value is -8.78. The molecule has 1 heteroatoms. The summed E-state index contributed by atoms with van der Waals surface area (Å²) in [5, 5.41) is 0. The van der Waals surface area contributed by atoms with Crippen molar-refractivity contribution in [3.63, 3.8) is 0 Å². The molecule has 14 rings (SSSR count). The van der Waals surface area contributed by atoms with E-state index in [1.165, 1.54) is 94.6 Å². The van der Waals surface area contributed by atoms with Crippen molar-refractivity contribution >= 4 is 17.1 Å². The molecule has 0 amide bonds. The molecule has 0 aromatic heterocycles. The molecule has 0 heterocycles. The first-order valence-corrected chi connectivity index (χ1v) is 24.1. The van der Waals surface area contributed by atoms with E-state index in [0.717, 1.165) is 22.6 Å². The summed E-state index contributed by atoms with van der Waals surface area (Å²) in [5.74, 6) is 0. The van der Waals surface area contributed by atoms with Crippen LogP contribution in [0.2, 0.25) is 0 Å². The zero-order valence-electron chi connectivity index (χ0n) is 37.9. The molecule has 3 aliphatic rings. The number of benzene rings is 11. The highest BCUT2D eigenvalue weighted by Gasteiger charge is 2.59. The molecule has 11 aromatic rings. The third kappa shape index (κ3) is 5.65. The third-order valence-electron chi connectivity index (χ3n) is 15.4. The predicted molar refractivity (Wildman–Crippen MR) is 286 cm³/mol. The van der Waals surface area contributed by atoms with Gasteiger partial charge < -0.3 is 4.90 Å². The molecule has 0 unspecified atom stereocenters. The summed E-state index contributed by atoms with van der Waals surface area (Å²) in [5.41, 5.74) is 25.0. The highest BCUT2D eigenvalue weighted by molar-refractivity contribution is 5.95. The van der Waals surface area contributed by atoms with Gasteiger partial charge in [0, 0.05) is 17.1 Å². The van der Waals surface area contributed by atoms with Crippen LogP contribution >= 0.6 is 0 Å². The van der Waals surface area contributed by atoms with Crippen LogP contribution in [0.15, 0.2) is 273 Å². The van der Waals surface area contributed by atoms with Crippen molar-refractivity contribution in [2.75, 3.05) is 4.90 Å². The van der Waals surface area contributed by atoms with Crippen LogP contribution in [0.1, 0.15) is 44.5 Å². The summed E-state index contributed by atoms with van der Waals surface area (Å²) in [7, 11) is 0. The van der Waals surface area contributed by atoms with Crippen molar-refractivity contribution < 1.29 is 0 Å². The van der Waals surface area contributed by atoms with Crippen LogP contribution < -0.4 is 4.90 Å². The SMILES string of the molecule is c1ccc(-c2ccc(-c3cccc(N(c4cccc(-c5ccccc5)c4)c4ccc5c(c4)C4(c6ccccc6-c6ccccc64)c4ccccc4C54c5ccccc5-c5ccccc54)c3)cc2)cc1. The van der Waals surface area contributed by atoms with E-state index in [0.29, 0.717) is 0 Å². The number of fused-ring (bicyclic) bond motifs is 16. The van der Waals surface area contributed by atoms with Gasteiger partial charge in [-0.1, -0.05) is 237 Å². The second kappa shape index (κ2) is 15.4. The molecular weight excluding hydrogens is 831 g/mol. The van der Waals surface area contributed by atoms with E-state index in [9.17, 15) is 0 Å². The zero-order valence-corrected chi connectivity index (χ0v) is 37.9. The van der Waals surface area contributed by atoms with E-state index in [4.69, 9.17) is 0 Å². The molecule has 0 N–H and O–H groups in total. The molecule has 3 aliphatic carbocycles. The monoisotopic (exact) mass is 875 g/mol. The zero-order chi connectivity index (χ0) is 45.5. The number of anilines is 3. The highest BCUT2D eigenvalue weighted by atomic mass is 15.1. The molecule has 0 aliphatic heterocycles. The van der Waals surface area contributed by atoms with Crippen LogP contribution in [-0.2, 0) is 10.8 Å². The molecule has 2 spiro atoms. The first-order chi connectivity index (χ1) is 34.2. The second-order valence-corrected chi connectivity index (χ2v) is 18.7. The van der Waals surface area contributed by atoms with Crippen molar-refractivity contribution in [1.82, 2.24) is 0 Å². The fourth-order valence-corrected chi connectivity index (χ4v) is 12.6. The van der Waals surface area contributed by atoms with E-state index in [2.05, 4.69) is 278 Å². The Bertz CT molecular complexity index is 3700. The van der Waals surface area contributed by atoms with Crippen LogP contribution in [0, 0.1) is 0 Å². The van der Waals surface area contributed by atoms with Gasteiger partial charge in [-0.15, -0.1) is 0 Å². The van der Waals surface area contributed by atoms with Gasteiger partial charge in [-0.2, -0.15) is 0 Å². The lowest BCUT2D eigenvalue weighted by Gasteiger charge is -2.49. The maximum atomic E-state index is 2.56. The number of nitrogens with zero attached hydrogens (tertiary/aromatic N) is 1. The molecule has 0 atom stereocenters. The number of rotatable bonds is 6. The Kier molecular flexibility index (Phi) is 8.78. The second-order valence-electron chi connectivity index (χ2n) is 18.7. The normalized spacial score (nSPS) is 13.7. The van der Waals surface area contributed by atoms with Crippen LogP contribution in [0.3, 0.4) is 0 Å². The highest BCUT2D eigenvalue weighted by Crippen LogP contribution is 2.67. The maximum Gasteiger partial charge on any atom is 0.0720 e. The Morgan fingerprint density at radius 1 is 0.188 bits per heavy atom. The van der Waals surface area contributed by atoms with Crippen molar-refractivity contribution in [1.29, 1.82) is 0 Å². The van der Waals surface area contributed by atoms with Gasteiger partial charge in [0.2, 0.25) is 0 Å². The van der Waals surface area contributed by atoms with Crippen molar-refractivity contribution in [3.05, 3.63) is 317 Å². The molecule has 11 aromatic carbocycles.